The van der Waals surface area contributed by atoms with Gasteiger partial charge in [-0.25, -0.2) is 4.79 Å². The van der Waals surface area contributed by atoms with Crippen molar-refractivity contribution in [3.8, 4) is 23.0 Å². The molecule has 2 heterocycles. The number of carbonyl (C=O) groups is 2. The van der Waals surface area contributed by atoms with Crippen molar-refractivity contribution >= 4 is 12.0 Å². The fourth-order valence-electron chi connectivity index (χ4n) is 3.49. The summed E-state index contributed by atoms with van der Waals surface area (Å²) in [5, 5.41) is 2.06. The van der Waals surface area contributed by atoms with Crippen LogP contribution >= 0.6 is 0 Å². The van der Waals surface area contributed by atoms with E-state index in [1.807, 2.05) is 0 Å². The average Bonchev–Trinajstić information content (AvgIpc) is 3.05. The Morgan fingerprint density at radius 3 is 2.50 bits per heavy atom. The third kappa shape index (κ3) is 4.39. The van der Waals surface area contributed by atoms with Gasteiger partial charge in [-0.15, -0.1) is 0 Å². The molecule has 1 fully saturated rings. The summed E-state index contributed by atoms with van der Waals surface area (Å²) in [6.45, 7) is -3.17. The summed E-state index contributed by atoms with van der Waals surface area (Å²) in [6, 6.07) is 6.29. The van der Waals surface area contributed by atoms with E-state index in [1.165, 1.54) is 18.2 Å². The number of ether oxygens (including phenoxy) is 4. The number of hydrogen-bond acceptors (Lipinski definition) is 6. The summed E-state index contributed by atoms with van der Waals surface area (Å²) >= 11 is 0. The van der Waals surface area contributed by atoms with Crippen LogP contribution in [0.1, 0.15) is 23.5 Å². The highest BCUT2D eigenvalue weighted by atomic mass is 19.4. The summed E-state index contributed by atoms with van der Waals surface area (Å²) in [6.07, 6.45) is -6.24. The minimum Gasteiger partial charge on any atom is -0.493 e. The van der Waals surface area contributed by atoms with Gasteiger partial charge in [0.1, 0.15) is 11.5 Å². The molecular weight excluding hydrogens is 445 g/mol. The lowest BCUT2D eigenvalue weighted by atomic mass is 9.88. The fourth-order valence-corrected chi connectivity index (χ4v) is 3.49. The summed E-state index contributed by atoms with van der Waals surface area (Å²) in [4.78, 5) is 23.3. The quantitative estimate of drug-likeness (QED) is 0.659. The Balaban J connectivity index is 1.61. The molecule has 0 saturated carbocycles. The molecule has 170 valence electrons. The monoisotopic (exact) mass is 459 g/mol. The fraction of sp³-hybridized carbons (Fsp3) is 0.300. The van der Waals surface area contributed by atoms with E-state index in [1.54, 1.807) is 0 Å². The lowest BCUT2D eigenvalue weighted by molar-refractivity contribution is -0.138. The molecule has 4 rings (SSSR count). The number of nitrogens with one attached hydrogen (secondary N) is 1. The topological polar surface area (TPSA) is 83.1 Å². The maximum absolute atomic E-state index is 12.9. The Morgan fingerprint density at radius 1 is 1.06 bits per heavy atom. The second-order valence-corrected chi connectivity index (χ2v) is 6.90. The molecule has 0 unspecified atom stereocenters. The third-order valence-corrected chi connectivity index (χ3v) is 4.87. The number of imide groups is 1. The van der Waals surface area contributed by atoms with Crippen molar-refractivity contribution in [1.82, 2.24) is 5.32 Å². The Bertz CT molecular complexity index is 1060. The molecule has 0 aliphatic carbocycles. The van der Waals surface area contributed by atoms with Crippen LogP contribution in [0, 0.1) is 0 Å². The maximum atomic E-state index is 12.9. The summed E-state index contributed by atoms with van der Waals surface area (Å²) < 4.78 is 84.4. The molecule has 2 aliphatic heterocycles. The highest BCUT2D eigenvalue weighted by Gasteiger charge is 2.41. The molecular formula is C20H14F5NO6. The second kappa shape index (κ2) is 8.17. The van der Waals surface area contributed by atoms with Gasteiger partial charge in [0.15, 0.2) is 17.6 Å². The maximum Gasteiger partial charge on any atom is 0.416 e. The minimum atomic E-state index is -4.76. The molecule has 2 aliphatic rings. The van der Waals surface area contributed by atoms with Gasteiger partial charge in [0, 0.05) is 17.5 Å². The SMILES string of the molecule is O=C1NC(=O)[C@@H]([C@@H]2CCOc3cc(Oc4ccc(C(F)(F)F)cc4OC(F)F)ccc32)O1. The van der Waals surface area contributed by atoms with Crippen molar-refractivity contribution in [2.45, 2.75) is 31.2 Å². The highest BCUT2D eigenvalue weighted by molar-refractivity contribution is 6.00. The Morgan fingerprint density at radius 2 is 1.84 bits per heavy atom. The summed E-state index contributed by atoms with van der Waals surface area (Å²) in [7, 11) is 0. The number of cyclic esters (lactones) is 1. The van der Waals surface area contributed by atoms with Gasteiger partial charge in [0.2, 0.25) is 0 Å². The molecule has 0 aromatic heterocycles. The first-order valence-corrected chi connectivity index (χ1v) is 9.24. The molecule has 2 atom stereocenters. The van der Waals surface area contributed by atoms with E-state index < -0.39 is 48.1 Å². The molecule has 7 nitrogen and oxygen atoms in total. The van der Waals surface area contributed by atoms with Crippen molar-refractivity contribution in [3.05, 3.63) is 47.5 Å². The largest absolute Gasteiger partial charge is 0.493 e. The van der Waals surface area contributed by atoms with Crippen molar-refractivity contribution in [3.63, 3.8) is 0 Å². The number of rotatable bonds is 5. The predicted molar refractivity (Wildman–Crippen MR) is 95.9 cm³/mol. The zero-order valence-corrected chi connectivity index (χ0v) is 15.9. The number of alkyl halides is 5. The highest BCUT2D eigenvalue weighted by Crippen LogP contribution is 2.43. The van der Waals surface area contributed by atoms with Crippen LogP contribution in [0.25, 0.3) is 0 Å². The van der Waals surface area contributed by atoms with E-state index in [4.69, 9.17) is 14.2 Å². The number of carbonyl (C=O) groups excluding carboxylic acids is 2. The van der Waals surface area contributed by atoms with Crippen molar-refractivity contribution < 1.29 is 50.5 Å². The standard InChI is InChI=1S/C20H14F5NO6/c21-18(22)31-15-7-9(20(23,24)25)1-4-13(15)30-10-2-3-11-12(5-6-29-14(11)8-10)16-17(27)26-19(28)32-16/h1-4,7-8,12,16,18H,5-6H2,(H,26,27,28)/t12-,16-/m1/s1. The van der Waals surface area contributed by atoms with Gasteiger partial charge >= 0.3 is 18.9 Å². The Labute approximate surface area is 177 Å². The van der Waals surface area contributed by atoms with Gasteiger partial charge in [0.25, 0.3) is 5.91 Å². The van der Waals surface area contributed by atoms with Crippen LogP contribution in [0.5, 0.6) is 23.0 Å². The number of hydrogen-bond donors (Lipinski definition) is 1. The molecule has 1 N–H and O–H groups in total. The van der Waals surface area contributed by atoms with Gasteiger partial charge in [-0.2, -0.15) is 22.0 Å². The number of benzene rings is 2. The van der Waals surface area contributed by atoms with Crippen molar-refractivity contribution in [1.29, 1.82) is 0 Å². The molecule has 0 bridgehead atoms. The van der Waals surface area contributed by atoms with Crippen LogP contribution in [0.3, 0.4) is 0 Å². The number of amides is 2. The van der Waals surface area contributed by atoms with E-state index in [2.05, 4.69) is 10.1 Å². The zero-order chi connectivity index (χ0) is 23.0. The normalized spacial score (nSPS) is 20.3. The predicted octanol–water partition coefficient (Wildman–Crippen LogP) is 4.60. The molecule has 2 amide bonds. The number of alkyl carbamates (subject to hydrolysis) is 1. The molecule has 12 heteroatoms. The molecule has 0 spiro atoms. The molecule has 32 heavy (non-hydrogen) atoms. The van der Waals surface area contributed by atoms with Crippen LogP contribution in [0.4, 0.5) is 26.7 Å². The zero-order valence-electron chi connectivity index (χ0n) is 15.9. The first-order valence-electron chi connectivity index (χ1n) is 9.24. The van der Waals surface area contributed by atoms with Crippen LogP contribution < -0.4 is 19.5 Å². The van der Waals surface area contributed by atoms with E-state index in [0.29, 0.717) is 24.1 Å². The summed E-state index contributed by atoms with van der Waals surface area (Å²) in [5.74, 6) is -1.86. The molecule has 2 aromatic rings. The van der Waals surface area contributed by atoms with Crippen molar-refractivity contribution in [2.24, 2.45) is 0 Å². The average molecular weight is 459 g/mol. The van der Waals surface area contributed by atoms with Gasteiger partial charge in [-0.05, 0) is 30.7 Å². The number of fused-ring (bicyclic) bond motifs is 1. The Kier molecular flexibility index (Phi) is 5.53. The lowest BCUT2D eigenvalue weighted by Crippen LogP contribution is -2.32. The van der Waals surface area contributed by atoms with Gasteiger partial charge in [0.05, 0.1) is 12.2 Å². The van der Waals surface area contributed by atoms with Gasteiger partial charge in [-0.1, -0.05) is 6.07 Å². The second-order valence-electron chi connectivity index (χ2n) is 6.90. The van der Waals surface area contributed by atoms with Gasteiger partial charge < -0.3 is 18.9 Å². The first kappa shape index (κ1) is 21.7. The van der Waals surface area contributed by atoms with Crippen LogP contribution in [-0.4, -0.2) is 31.3 Å². The Hall–Kier alpha value is -3.57. The van der Waals surface area contributed by atoms with Gasteiger partial charge in [-0.3, -0.25) is 10.1 Å². The van der Waals surface area contributed by atoms with Crippen LogP contribution in [-0.2, 0) is 15.7 Å². The van der Waals surface area contributed by atoms with Crippen LogP contribution in [0.15, 0.2) is 36.4 Å². The smallest absolute Gasteiger partial charge is 0.416 e. The first-order chi connectivity index (χ1) is 15.1. The van der Waals surface area contributed by atoms with E-state index in [-0.39, 0.29) is 23.9 Å². The summed E-state index contributed by atoms with van der Waals surface area (Å²) in [5.41, 5.74) is -0.628. The van der Waals surface area contributed by atoms with Crippen LogP contribution in [0.2, 0.25) is 0 Å². The van der Waals surface area contributed by atoms with Crippen molar-refractivity contribution in [2.75, 3.05) is 6.61 Å². The van der Waals surface area contributed by atoms with E-state index >= 15 is 0 Å². The van der Waals surface area contributed by atoms with E-state index in [0.717, 1.165) is 6.07 Å². The van der Waals surface area contributed by atoms with E-state index in [9.17, 15) is 31.5 Å². The number of halogens is 5. The third-order valence-electron chi connectivity index (χ3n) is 4.87. The molecule has 0 radical (unpaired) electrons. The minimum absolute atomic E-state index is 0.0659. The molecule has 2 aromatic carbocycles. The molecule has 1 saturated heterocycles. The lowest BCUT2D eigenvalue weighted by Gasteiger charge is -2.28.